The summed E-state index contributed by atoms with van der Waals surface area (Å²) in [5.74, 6) is -7.12. The van der Waals surface area contributed by atoms with Crippen molar-refractivity contribution in [2.24, 2.45) is 5.92 Å². The predicted molar refractivity (Wildman–Crippen MR) is 241 cm³/mol. The lowest BCUT2D eigenvalue weighted by Gasteiger charge is -2.25. The van der Waals surface area contributed by atoms with Gasteiger partial charge >= 0.3 is 0 Å². The first-order valence-electron chi connectivity index (χ1n) is 20.4. The number of hydrogen-bond donors (Lipinski definition) is 11. The highest BCUT2D eigenvalue weighted by molar-refractivity contribution is 6.10. The van der Waals surface area contributed by atoms with E-state index in [0.717, 1.165) is 5.56 Å². The van der Waals surface area contributed by atoms with Gasteiger partial charge in [0.05, 0.1) is 0 Å². The molecular weight excluding hydrogens is 817 g/mol. The average molecular weight is 865 g/mol. The lowest BCUT2D eigenvalue weighted by molar-refractivity contribution is 0.103. The van der Waals surface area contributed by atoms with Crippen molar-refractivity contribution < 1.29 is 61.0 Å². The number of hydrogen-bond acceptors (Lipinski definition) is 12. The van der Waals surface area contributed by atoms with Gasteiger partial charge in [0.15, 0.2) is 51.8 Å². The van der Waals surface area contributed by atoms with Gasteiger partial charge in [-0.1, -0.05) is 79.7 Å². The van der Waals surface area contributed by atoms with Crippen LogP contribution in [0.3, 0.4) is 0 Å². The molecule has 0 aromatic heterocycles. The summed E-state index contributed by atoms with van der Waals surface area (Å²) in [5.41, 5.74) is 4.31. The second-order valence-corrected chi connectivity index (χ2v) is 16.3. The van der Waals surface area contributed by atoms with Gasteiger partial charge in [-0.2, -0.15) is 0 Å². The maximum atomic E-state index is 13.4. The summed E-state index contributed by atoms with van der Waals surface area (Å²) in [6, 6.07) is 23.6. The Kier molecular flexibility index (Phi) is 12.0. The number of aromatic hydroxyl groups is 10. The van der Waals surface area contributed by atoms with Gasteiger partial charge in [-0.25, -0.2) is 0 Å². The molecule has 12 nitrogen and oxygen atoms in total. The van der Waals surface area contributed by atoms with E-state index in [9.17, 15) is 61.0 Å². The number of carbonyl (C=O) groups excluding carboxylic acids is 1. The number of carbonyl (C=O) groups is 1. The summed E-state index contributed by atoms with van der Waals surface area (Å²) in [4.78, 5) is 13.4. The molecule has 6 aromatic rings. The molecule has 6 aromatic carbocycles. The topological polar surface area (TPSA) is 240 Å². The monoisotopic (exact) mass is 864 g/mol. The molecule has 0 saturated carbocycles. The van der Waals surface area contributed by atoms with Gasteiger partial charge in [0.2, 0.25) is 11.5 Å². The first-order chi connectivity index (χ1) is 30.4. The van der Waals surface area contributed by atoms with Crippen LogP contribution in [0, 0.1) is 19.8 Å². The highest BCUT2D eigenvalue weighted by Gasteiger charge is 2.28. The third kappa shape index (κ3) is 8.20. The van der Waals surface area contributed by atoms with Crippen molar-refractivity contribution >= 4 is 11.9 Å². The average Bonchev–Trinajstić information content (AvgIpc) is 3.28. The standard InChI is InChI=1S/C52H48O12/c1-25-15-26(2)39(23-36-20-34(47(59)52(64)49(36)61)21-37-24-40(28(4)42(54)45(37)57)43(55)30-13-9-6-10-14-30)50(62)38(25)22-35-19-33(46(58)51(63)48(35)60)18-31-17-32(44(56)41(53)27(31)3)16-29-11-7-5-8-12-29/h5-15,17,19-20,22,24-25,53-54,56-64H,16,18,21,23H2,1-4H3/b38-22+. The number of allylic oxidation sites excluding steroid dienone is 4. The minimum absolute atomic E-state index is 0.0185. The summed E-state index contributed by atoms with van der Waals surface area (Å²) < 4.78 is 0. The van der Waals surface area contributed by atoms with Crippen molar-refractivity contribution in [3.8, 4) is 57.5 Å². The van der Waals surface area contributed by atoms with Gasteiger partial charge in [0.1, 0.15) is 5.76 Å². The number of phenolic OH excluding ortho intramolecular Hbond substituents is 10. The molecule has 1 aliphatic carbocycles. The molecule has 7 rings (SSSR count). The summed E-state index contributed by atoms with van der Waals surface area (Å²) >= 11 is 0. The van der Waals surface area contributed by atoms with Crippen LogP contribution in [0.25, 0.3) is 6.08 Å². The number of aliphatic hydroxyl groups excluding tert-OH is 1. The fourth-order valence-electron chi connectivity index (χ4n) is 8.26. The van der Waals surface area contributed by atoms with E-state index >= 15 is 0 Å². The Morgan fingerprint density at radius 2 is 0.969 bits per heavy atom. The third-order valence-electron chi connectivity index (χ3n) is 12.1. The zero-order chi connectivity index (χ0) is 46.3. The molecule has 1 aliphatic rings. The van der Waals surface area contributed by atoms with E-state index < -0.39 is 57.7 Å². The summed E-state index contributed by atoms with van der Waals surface area (Å²) in [5, 5.41) is 121. The number of aliphatic hydroxyl groups is 1. The highest BCUT2D eigenvalue weighted by atomic mass is 16.3. The summed E-state index contributed by atoms with van der Waals surface area (Å²) in [6.07, 6.45) is 3.05. The molecule has 11 N–H and O–H groups in total. The molecule has 0 bridgehead atoms. The Morgan fingerprint density at radius 3 is 1.59 bits per heavy atom. The van der Waals surface area contributed by atoms with Crippen molar-refractivity contribution in [1.29, 1.82) is 0 Å². The van der Waals surface area contributed by atoms with Crippen molar-refractivity contribution in [2.45, 2.75) is 53.4 Å². The summed E-state index contributed by atoms with van der Waals surface area (Å²) in [7, 11) is 0. The van der Waals surface area contributed by atoms with E-state index in [4.69, 9.17) is 0 Å². The molecule has 328 valence electrons. The molecule has 0 spiro atoms. The van der Waals surface area contributed by atoms with Crippen LogP contribution >= 0.6 is 0 Å². The van der Waals surface area contributed by atoms with E-state index in [1.54, 1.807) is 57.2 Å². The van der Waals surface area contributed by atoms with Crippen molar-refractivity contribution in [2.75, 3.05) is 0 Å². The maximum Gasteiger partial charge on any atom is 0.201 e. The molecule has 64 heavy (non-hydrogen) atoms. The number of ketones is 1. The van der Waals surface area contributed by atoms with Crippen LogP contribution in [0.4, 0.5) is 0 Å². The predicted octanol–water partition coefficient (Wildman–Crippen LogP) is 9.40. The van der Waals surface area contributed by atoms with Crippen LogP contribution in [0.15, 0.2) is 113 Å². The molecule has 1 atom stereocenters. The smallest absolute Gasteiger partial charge is 0.201 e. The molecule has 0 fully saturated rings. The third-order valence-corrected chi connectivity index (χ3v) is 12.1. The van der Waals surface area contributed by atoms with Gasteiger partial charge in [-0.15, -0.1) is 0 Å². The normalized spacial score (nSPS) is 14.5. The Labute approximate surface area is 368 Å². The zero-order valence-corrected chi connectivity index (χ0v) is 35.5. The van der Waals surface area contributed by atoms with Gasteiger partial charge in [0.25, 0.3) is 0 Å². The van der Waals surface area contributed by atoms with Crippen LogP contribution in [-0.2, 0) is 25.7 Å². The van der Waals surface area contributed by atoms with E-state index in [1.165, 1.54) is 31.2 Å². The fourth-order valence-corrected chi connectivity index (χ4v) is 8.26. The van der Waals surface area contributed by atoms with Gasteiger partial charge in [0, 0.05) is 92.8 Å². The Bertz CT molecular complexity index is 2940. The molecule has 0 amide bonds. The second-order valence-electron chi connectivity index (χ2n) is 16.3. The molecule has 0 aliphatic heterocycles. The van der Waals surface area contributed by atoms with Gasteiger partial charge < -0.3 is 56.2 Å². The quantitative estimate of drug-likeness (QED) is 0.0431. The Balaban J connectivity index is 1.24. The first-order valence-corrected chi connectivity index (χ1v) is 20.4. The lowest BCUT2D eigenvalue weighted by atomic mass is 9.82. The minimum Gasteiger partial charge on any atom is -0.507 e. The van der Waals surface area contributed by atoms with Crippen molar-refractivity contribution in [3.63, 3.8) is 0 Å². The van der Waals surface area contributed by atoms with E-state index in [2.05, 4.69) is 0 Å². The minimum atomic E-state index is -0.869. The van der Waals surface area contributed by atoms with Crippen LogP contribution in [0.1, 0.15) is 85.4 Å². The maximum absolute atomic E-state index is 13.4. The number of rotatable bonds is 11. The number of phenols is 10. The lowest BCUT2D eigenvalue weighted by Crippen LogP contribution is -2.12. The van der Waals surface area contributed by atoms with Gasteiger partial charge in [-0.3, -0.25) is 4.79 Å². The van der Waals surface area contributed by atoms with Gasteiger partial charge in [-0.05, 0) is 67.3 Å². The zero-order valence-electron chi connectivity index (χ0n) is 35.5. The number of benzene rings is 6. The highest BCUT2D eigenvalue weighted by Crippen LogP contribution is 2.48. The van der Waals surface area contributed by atoms with Crippen molar-refractivity contribution in [3.05, 3.63) is 180 Å². The van der Waals surface area contributed by atoms with Crippen LogP contribution < -0.4 is 0 Å². The molecule has 0 radical (unpaired) electrons. The summed E-state index contributed by atoms with van der Waals surface area (Å²) in [6.45, 7) is 6.62. The largest absolute Gasteiger partial charge is 0.507 e. The Hall–Kier alpha value is -7.99. The van der Waals surface area contributed by atoms with E-state index in [0.29, 0.717) is 39.8 Å². The van der Waals surface area contributed by atoms with Crippen LogP contribution in [0.2, 0.25) is 0 Å². The van der Waals surface area contributed by atoms with Crippen LogP contribution in [-0.4, -0.2) is 62.0 Å². The Morgan fingerprint density at radius 1 is 0.500 bits per heavy atom. The van der Waals surface area contributed by atoms with Crippen molar-refractivity contribution in [1.82, 2.24) is 0 Å². The van der Waals surface area contributed by atoms with E-state index in [1.807, 2.05) is 36.4 Å². The van der Waals surface area contributed by atoms with E-state index in [-0.39, 0.29) is 81.0 Å². The first kappa shape index (κ1) is 44.1. The molecule has 12 heteroatoms. The molecule has 0 heterocycles. The molecule has 0 saturated heterocycles. The molecular formula is C52H48O12. The molecule has 1 unspecified atom stereocenters. The fraction of sp³-hybridized carbons (Fsp3) is 0.173. The van der Waals surface area contributed by atoms with Crippen LogP contribution in [0.5, 0.6) is 57.5 Å². The SMILES string of the molecule is CC1=CC(C)/C(=C\c2cc(Cc3cc(Cc4ccccc4)c(O)c(O)c3C)c(O)c(O)c2O)C(O)=C1Cc1cc(Cc2cc(C(=O)c3ccccc3)c(C)c(O)c2O)c(O)c(O)c1O. The second kappa shape index (κ2) is 17.4.